The zero-order valence-corrected chi connectivity index (χ0v) is 11.1. The number of aromatic nitrogens is 2. The van der Waals surface area contributed by atoms with Crippen molar-refractivity contribution in [2.24, 2.45) is 0 Å². The zero-order chi connectivity index (χ0) is 13.5. The fourth-order valence-electron chi connectivity index (χ4n) is 1.25. The van der Waals surface area contributed by atoms with Crippen LogP contribution in [0.5, 0.6) is 0 Å². The fourth-order valence-corrected chi connectivity index (χ4v) is 2.24. The summed E-state index contributed by atoms with van der Waals surface area (Å²) in [6.45, 7) is 4.48. The van der Waals surface area contributed by atoms with Crippen molar-refractivity contribution in [2.45, 2.75) is 30.5 Å². The van der Waals surface area contributed by atoms with Crippen molar-refractivity contribution >= 4 is 23.4 Å². The minimum atomic E-state index is -0.496. The normalized spacial score (nSPS) is 12.2. The van der Waals surface area contributed by atoms with Gasteiger partial charge in [-0.15, -0.1) is 0 Å². The topological polar surface area (TPSA) is 101 Å². The van der Waals surface area contributed by atoms with E-state index in [1.807, 2.05) is 13.8 Å². The number of hydrogen-bond donors (Lipinski definition) is 2. The Labute approximate surface area is 109 Å². The van der Waals surface area contributed by atoms with Gasteiger partial charge in [-0.25, -0.2) is 4.98 Å². The van der Waals surface area contributed by atoms with Crippen molar-refractivity contribution in [1.82, 2.24) is 9.97 Å². The molecule has 7 nitrogen and oxygen atoms in total. The van der Waals surface area contributed by atoms with Crippen LogP contribution < -0.4 is 5.32 Å². The largest absolute Gasteiger partial charge is 0.396 e. The molecule has 0 saturated carbocycles. The molecule has 1 heterocycles. The number of anilines is 1. The Morgan fingerprint density at radius 1 is 1.67 bits per heavy atom. The SMILES string of the molecule is CCNc1ncc([N+](=O)[O-])c(SC(C)CCO)n1. The van der Waals surface area contributed by atoms with Gasteiger partial charge in [0.1, 0.15) is 6.20 Å². The molecule has 0 aliphatic heterocycles. The van der Waals surface area contributed by atoms with Crippen LogP contribution in [-0.4, -0.2) is 38.4 Å². The summed E-state index contributed by atoms with van der Waals surface area (Å²) in [5.41, 5.74) is -0.105. The van der Waals surface area contributed by atoms with E-state index in [0.29, 0.717) is 23.9 Å². The Balaban J connectivity index is 2.95. The monoisotopic (exact) mass is 272 g/mol. The van der Waals surface area contributed by atoms with Crippen LogP contribution in [-0.2, 0) is 0 Å². The predicted molar refractivity (Wildman–Crippen MR) is 69.9 cm³/mol. The van der Waals surface area contributed by atoms with Crippen molar-refractivity contribution in [3.8, 4) is 0 Å². The number of nitrogens with zero attached hydrogens (tertiary/aromatic N) is 3. The Morgan fingerprint density at radius 2 is 2.39 bits per heavy atom. The zero-order valence-electron chi connectivity index (χ0n) is 10.3. The highest BCUT2D eigenvalue weighted by atomic mass is 32.2. The highest BCUT2D eigenvalue weighted by Crippen LogP contribution is 2.31. The van der Waals surface area contributed by atoms with E-state index in [4.69, 9.17) is 5.11 Å². The molecule has 18 heavy (non-hydrogen) atoms. The van der Waals surface area contributed by atoms with Crippen molar-refractivity contribution in [1.29, 1.82) is 0 Å². The summed E-state index contributed by atoms with van der Waals surface area (Å²) < 4.78 is 0. The first-order valence-electron chi connectivity index (χ1n) is 5.61. The maximum absolute atomic E-state index is 10.9. The lowest BCUT2D eigenvalue weighted by molar-refractivity contribution is -0.388. The van der Waals surface area contributed by atoms with Crippen LogP contribution in [0.25, 0.3) is 0 Å². The number of aliphatic hydroxyl groups is 1. The number of thioether (sulfide) groups is 1. The summed E-state index contributed by atoms with van der Waals surface area (Å²) >= 11 is 1.27. The molecule has 0 radical (unpaired) electrons. The first-order chi connectivity index (χ1) is 8.58. The third kappa shape index (κ3) is 4.11. The van der Waals surface area contributed by atoms with Gasteiger partial charge in [-0.1, -0.05) is 18.7 Å². The minimum Gasteiger partial charge on any atom is -0.396 e. The van der Waals surface area contributed by atoms with Gasteiger partial charge in [-0.2, -0.15) is 4.98 Å². The molecule has 0 bridgehead atoms. The van der Waals surface area contributed by atoms with Crippen molar-refractivity contribution < 1.29 is 10.0 Å². The molecule has 1 unspecified atom stereocenters. The molecule has 0 saturated heterocycles. The fraction of sp³-hybridized carbons (Fsp3) is 0.600. The van der Waals surface area contributed by atoms with Gasteiger partial charge in [0.25, 0.3) is 0 Å². The average molecular weight is 272 g/mol. The van der Waals surface area contributed by atoms with E-state index in [1.165, 1.54) is 18.0 Å². The van der Waals surface area contributed by atoms with Crippen LogP contribution in [0.15, 0.2) is 11.2 Å². The molecule has 0 fully saturated rings. The highest BCUT2D eigenvalue weighted by molar-refractivity contribution is 8.00. The van der Waals surface area contributed by atoms with Crippen LogP contribution in [0, 0.1) is 10.1 Å². The number of rotatable bonds is 7. The number of hydrogen-bond acceptors (Lipinski definition) is 7. The van der Waals surface area contributed by atoms with Crippen LogP contribution >= 0.6 is 11.8 Å². The standard InChI is InChI=1S/C10H16N4O3S/c1-3-11-10-12-6-8(14(16)17)9(13-10)18-7(2)4-5-15/h6-7,15H,3-5H2,1-2H3,(H,11,12,13). The molecule has 0 aromatic carbocycles. The molecule has 1 rings (SSSR count). The second-order valence-corrected chi connectivity index (χ2v) is 5.04. The van der Waals surface area contributed by atoms with Crippen LogP contribution in [0.2, 0.25) is 0 Å². The molecule has 0 aliphatic carbocycles. The van der Waals surface area contributed by atoms with Crippen LogP contribution in [0.4, 0.5) is 11.6 Å². The van der Waals surface area contributed by atoms with Crippen LogP contribution in [0.3, 0.4) is 0 Å². The lowest BCUT2D eigenvalue weighted by atomic mass is 10.3. The molecule has 1 atom stereocenters. The molecule has 2 N–H and O–H groups in total. The van der Waals surface area contributed by atoms with Gasteiger partial charge in [-0.3, -0.25) is 10.1 Å². The molecular weight excluding hydrogens is 256 g/mol. The molecule has 1 aromatic rings. The average Bonchev–Trinajstić information content (AvgIpc) is 2.29. The first kappa shape index (κ1) is 14.7. The maximum atomic E-state index is 10.9. The summed E-state index contributed by atoms with van der Waals surface area (Å²) in [6.07, 6.45) is 1.77. The van der Waals surface area contributed by atoms with Gasteiger partial charge in [0.05, 0.1) is 4.92 Å². The van der Waals surface area contributed by atoms with Gasteiger partial charge in [-0.05, 0) is 13.3 Å². The Kier molecular flexibility index (Phi) is 5.79. The van der Waals surface area contributed by atoms with E-state index in [9.17, 15) is 10.1 Å². The smallest absolute Gasteiger partial charge is 0.319 e. The summed E-state index contributed by atoms with van der Waals surface area (Å²) in [5, 5.41) is 23.0. The van der Waals surface area contributed by atoms with E-state index in [2.05, 4.69) is 15.3 Å². The molecule has 100 valence electrons. The van der Waals surface area contributed by atoms with Gasteiger partial charge in [0.2, 0.25) is 5.95 Å². The van der Waals surface area contributed by atoms with E-state index in [-0.39, 0.29) is 17.5 Å². The third-order valence-corrected chi connectivity index (χ3v) is 3.28. The summed E-state index contributed by atoms with van der Waals surface area (Å²) in [7, 11) is 0. The molecule has 1 aromatic heterocycles. The summed E-state index contributed by atoms with van der Waals surface area (Å²) in [6, 6.07) is 0. The van der Waals surface area contributed by atoms with Gasteiger partial charge in [0, 0.05) is 18.4 Å². The quantitative estimate of drug-likeness (QED) is 0.337. The molecule has 8 heteroatoms. The Morgan fingerprint density at radius 3 is 2.94 bits per heavy atom. The molecule has 0 aliphatic rings. The molecule has 0 spiro atoms. The minimum absolute atomic E-state index is 0.0487. The third-order valence-electron chi connectivity index (χ3n) is 2.12. The molecule has 0 amide bonds. The van der Waals surface area contributed by atoms with Gasteiger partial charge < -0.3 is 10.4 Å². The number of nitro groups is 1. The van der Waals surface area contributed by atoms with Crippen LogP contribution in [0.1, 0.15) is 20.3 Å². The highest BCUT2D eigenvalue weighted by Gasteiger charge is 2.19. The maximum Gasteiger partial charge on any atom is 0.319 e. The van der Waals surface area contributed by atoms with Gasteiger partial charge in [0.15, 0.2) is 5.03 Å². The predicted octanol–water partition coefficient (Wildman–Crippen LogP) is 1.68. The van der Waals surface area contributed by atoms with Crippen molar-refractivity contribution in [3.63, 3.8) is 0 Å². The lowest BCUT2D eigenvalue weighted by Crippen LogP contribution is -2.06. The summed E-state index contributed by atoms with van der Waals surface area (Å²) in [4.78, 5) is 18.4. The lowest BCUT2D eigenvalue weighted by Gasteiger charge is -2.09. The van der Waals surface area contributed by atoms with E-state index >= 15 is 0 Å². The Bertz CT molecular complexity index is 416. The second-order valence-electron chi connectivity index (χ2n) is 3.61. The molecular formula is C10H16N4O3S. The Hall–Kier alpha value is -1.41. The van der Waals surface area contributed by atoms with E-state index in [0.717, 1.165) is 0 Å². The van der Waals surface area contributed by atoms with E-state index < -0.39 is 4.92 Å². The summed E-state index contributed by atoms with van der Waals surface area (Å²) in [5.74, 6) is 0.377. The second kappa shape index (κ2) is 7.12. The first-order valence-corrected chi connectivity index (χ1v) is 6.49. The number of nitrogens with one attached hydrogen (secondary N) is 1. The van der Waals surface area contributed by atoms with Crippen molar-refractivity contribution in [2.75, 3.05) is 18.5 Å². The van der Waals surface area contributed by atoms with Gasteiger partial charge >= 0.3 is 5.69 Å². The van der Waals surface area contributed by atoms with Crippen molar-refractivity contribution in [3.05, 3.63) is 16.3 Å². The van der Waals surface area contributed by atoms with E-state index in [1.54, 1.807) is 0 Å². The number of aliphatic hydroxyl groups excluding tert-OH is 1.